The Balaban J connectivity index is 1.21. The number of carbonyl (C=O) groups excluding carboxylic acids is 3. The van der Waals surface area contributed by atoms with Gasteiger partial charge in [0.15, 0.2) is 0 Å². The van der Waals surface area contributed by atoms with E-state index in [1.807, 2.05) is 0 Å². The molecule has 8 heteroatoms. The van der Waals surface area contributed by atoms with Gasteiger partial charge in [0, 0.05) is 38.3 Å². The molecule has 29 heavy (non-hydrogen) atoms. The molecule has 0 saturated heterocycles. The second-order valence-corrected chi connectivity index (χ2v) is 6.86. The SMILES string of the molecule is O=C(CCCN1C(=O)c2ccccc2C1=O)NCCc1cn2cc(F)ccc2n1. The average molecular weight is 394 g/mol. The fraction of sp³-hybridized carbons (Fsp3) is 0.238. The van der Waals surface area contributed by atoms with Gasteiger partial charge in [-0.15, -0.1) is 0 Å². The third-order valence-corrected chi connectivity index (χ3v) is 4.83. The van der Waals surface area contributed by atoms with Crippen molar-refractivity contribution in [2.75, 3.05) is 13.1 Å². The predicted molar refractivity (Wildman–Crippen MR) is 103 cm³/mol. The van der Waals surface area contributed by atoms with Gasteiger partial charge in [0.25, 0.3) is 11.8 Å². The Morgan fingerprint density at radius 3 is 2.48 bits per heavy atom. The van der Waals surface area contributed by atoms with Crippen molar-refractivity contribution in [2.24, 2.45) is 0 Å². The minimum absolute atomic E-state index is 0.156. The first kappa shape index (κ1) is 18.8. The van der Waals surface area contributed by atoms with E-state index < -0.39 is 0 Å². The highest BCUT2D eigenvalue weighted by Gasteiger charge is 2.34. The fourth-order valence-corrected chi connectivity index (χ4v) is 3.40. The molecule has 1 aliphatic rings. The zero-order chi connectivity index (χ0) is 20.4. The van der Waals surface area contributed by atoms with Crippen LogP contribution in [0.3, 0.4) is 0 Å². The van der Waals surface area contributed by atoms with Gasteiger partial charge in [0.05, 0.1) is 16.8 Å². The number of benzene rings is 1. The smallest absolute Gasteiger partial charge is 0.261 e. The molecule has 3 heterocycles. The van der Waals surface area contributed by atoms with E-state index in [2.05, 4.69) is 10.3 Å². The Labute approximate surface area is 166 Å². The summed E-state index contributed by atoms with van der Waals surface area (Å²) in [5.74, 6) is -1.12. The number of nitrogens with one attached hydrogen (secondary N) is 1. The molecule has 0 radical (unpaired) electrons. The van der Waals surface area contributed by atoms with Crippen LogP contribution in [0.15, 0.2) is 48.8 Å². The van der Waals surface area contributed by atoms with Crippen molar-refractivity contribution >= 4 is 23.4 Å². The molecule has 3 aromatic rings. The average Bonchev–Trinajstić information content (AvgIpc) is 3.21. The molecule has 0 bridgehead atoms. The number of fused-ring (bicyclic) bond motifs is 2. The molecular formula is C21H19FN4O3. The van der Waals surface area contributed by atoms with Crippen LogP contribution in [0.5, 0.6) is 0 Å². The summed E-state index contributed by atoms with van der Waals surface area (Å²) in [7, 11) is 0. The monoisotopic (exact) mass is 394 g/mol. The minimum atomic E-state index is -0.340. The molecule has 0 saturated carbocycles. The van der Waals surface area contributed by atoms with Gasteiger partial charge in [-0.1, -0.05) is 12.1 Å². The van der Waals surface area contributed by atoms with E-state index in [1.54, 1.807) is 40.9 Å². The first-order valence-electron chi connectivity index (χ1n) is 9.38. The van der Waals surface area contributed by atoms with Crippen molar-refractivity contribution in [1.29, 1.82) is 0 Å². The topological polar surface area (TPSA) is 83.8 Å². The van der Waals surface area contributed by atoms with E-state index in [1.165, 1.54) is 17.2 Å². The number of amides is 3. The number of imide groups is 1. The molecule has 7 nitrogen and oxygen atoms in total. The van der Waals surface area contributed by atoms with Gasteiger partial charge in [-0.2, -0.15) is 0 Å². The van der Waals surface area contributed by atoms with Crippen molar-refractivity contribution in [1.82, 2.24) is 19.6 Å². The Hall–Kier alpha value is -3.55. The summed E-state index contributed by atoms with van der Waals surface area (Å²) < 4.78 is 14.8. The number of aromatic nitrogens is 2. The van der Waals surface area contributed by atoms with Gasteiger partial charge in [-0.3, -0.25) is 19.3 Å². The Kier molecular flexibility index (Phi) is 5.07. The number of rotatable bonds is 7. The fourth-order valence-electron chi connectivity index (χ4n) is 3.40. The number of halogens is 1. The molecule has 0 aliphatic carbocycles. The molecule has 2 aromatic heterocycles. The largest absolute Gasteiger partial charge is 0.356 e. The van der Waals surface area contributed by atoms with Crippen LogP contribution in [-0.2, 0) is 11.2 Å². The highest BCUT2D eigenvalue weighted by Crippen LogP contribution is 2.22. The maximum Gasteiger partial charge on any atom is 0.261 e. The lowest BCUT2D eigenvalue weighted by Gasteiger charge is -2.13. The van der Waals surface area contributed by atoms with Gasteiger partial charge in [-0.25, -0.2) is 9.37 Å². The lowest BCUT2D eigenvalue weighted by Crippen LogP contribution is -2.32. The standard InChI is InChI=1S/C21H19FN4O3/c22-14-7-8-18-24-15(13-25(18)12-14)9-10-23-19(27)6-3-11-26-20(28)16-4-1-2-5-17(16)21(26)29/h1-2,4-5,7-8,12-13H,3,6,9-11H2,(H,23,27). The Bertz CT molecular complexity index is 1070. The van der Waals surface area contributed by atoms with Crippen LogP contribution in [0.25, 0.3) is 5.65 Å². The quantitative estimate of drug-likeness (QED) is 0.623. The van der Waals surface area contributed by atoms with Crippen molar-refractivity contribution in [3.05, 3.63) is 71.4 Å². The molecular weight excluding hydrogens is 375 g/mol. The van der Waals surface area contributed by atoms with Crippen molar-refractivity contribution < 1.29 is 18.8 Å². The van der Waals surface area contributed by atoms with E-state index in [4.69, 9.17) is 0 Å². The van der Waals surface area contributed by atoms with E-state index in [0.29, 0.717) is 36.2 Å². The van der Waals surface area contributed by atoms with E-state index in [-0.39, 0.29) is 36.5 Å². The zero-order valence-electron chi connectivity index (χ0n) is 15.6. The first-order chi connectivity index (χ1) is 14.0. The van der Waals surface area contributed by atoms with Crippen LogP contribution >= 0.6 is 0 Å². The number of nitrogens with zero attached hydrogens (tertiary/aromatic N) is 3. The molecule has 3 amide bonds. The number of hydrogen-bond acceptors (Lipinski definition) is 4. The number of hydrogen-bond donors (Lipinski definition) is 1. The lowest BCUT2D eigenvalue weighted by molar-refractivity contribution is -0.121. The van der Waals surface area contributed by atoms with Gasteiger partial charge in [0.2, 0.25) is 5.91 Å². The van der Waals surface area contributed by atoms with Crippen molar-refractivity contribution in [2.45, 2.75) is 19.3 Å². The van der Waals surface area contributed by atoms with E-state index >= 15 is 0 Å². The molecule has 1 aromatic carbocycles. The lowest BCUT2D eigenvalue weighted by atomic mass is 10.1. The first-order valence-corrected chi connectivity index (χ1v) is 9.38. The molecule has 148 valence electrons. The molecule has 1 aliphatic heterocycles. The summed E-state index contributed by atoms with van der Waals surface area (Å²) in [5, 5.41) is 2.80. The maximum absolute atomic E-state index is 13.2. The summed E-state index contributed by atoms with van der Waals surface area (Å²) in [4.78, 5) is 42.1. The maximum atomic E-state index is 13.2. The third-order valence-electron chi connectivity index (χ3n) is 4.83. The zero-order valence-corrected chi connectivity index (χ0v) is 15.6. The third kappa shape index (κ3) is 3.87. The molecule has 0 spiro atoms. The van der Waals surface area contributed by atoms with Crippen molar-refractivity contribution in [3.8, 4) is 0 Å². The molecule has 0 atom stereocenters. The second-order valence-electron chi connectivity index (χ2n) is 6.86. The summed E-state index contributed by atoms with van der Waals surface area (Å²) in [6.45, 7) is 0.607. The van der Waals surface area contributed by atoms with Crippen molar-refractivity contribution in [3.63, 3.8) is 0 Å². The number of carbonyl (C=O) groups is 3. The molecule has 0 unspecified atom stereocenters. The molecule has 1 N–H and O–H groups in total. The summed E-state index contributed by atoms with van der Waals surface area (Å²) >= 11 is 0. The van der Waals surface area contributed by atoms with E-state index in [0.717, 1.165) is 5.69 Å². The Morgan fingerprint density at radius 1 is 1.03 bits per heavy atom. The number of imidazole rings is 1. The van der Waals surface area contributed by atoms with Gasteiger partial charge < -0.3 is 9.72 Å². The van der Waals surface area contributed by atoms with E-state index in [9.17, 15) is 18.8 Å². The molecule has 4 rings (SSSR count). The van der Waals surface area contributed by atoms with Crippen LogP contribution in [-0.4, -0.2) is 45.1 Å². The van der Waals surface area contributed by atoms with Gasteiger partial charge >= 0.3 is 0 Å². The second kappa shape index (κ2) is 7.83. The highest BCUT2D eigenvalue weighted by atomic mass is 19.1. The summed E-state index contributed by atoms with van der Waals surface area (Å²) in [5.41, 5.74) is 2.22. The van der Waals surface area contributed by atoms with Gasteiger partial charge in [0.1, 0.15) is 11.5 Å². The number of pyridine rings is 1. The van der Waals surface area contributed by atoms with Crippen LogP contribution in [0.4, 0.5) is 4.39 Å². The Morgan fingerprint density at radius 2 is 1.76 bits per heavy atom. The summed E-state index contributed by atoms with van der Waals surface area (Å²) in [6, 6.07) is 9.66. The van der Waals surface area contributed by atoms with Crippen LogP contribution in [0.2, 0.25) is 0 Å². The predicted octanol–water partition coefficient (Wildman–Crippen LogP) is 2.21. The summed E-state index contributed by atoms with van der Waals surface area (Å²) in [6.07, 6.45) is 4.21. The van der Waals surface area contributed by atoms with Crippen LogP contribution in [0, 0.1) is 5.82 Å². The van der Waals surface area contributed by atoms with Gasteiger partial charge in [-0.05, 0) is 30.7 Å². The van der Waals surface area contributed by atoms with Crippen LogP contribution in [0.1, 0.15) is 39.3 Å². The highest BCUT2D eigenvalue weighted by molar-refractivity contribution is 6.21. The molecule has 0 fully saturated rings. The minimum Gasteiger partial charge on any atom is -0.356 e. The normalized spacial score (nSPS) is 13.2. The van der Waals surface area contributed by atoms with Crippen LogP contribution < -0.4 is 5.32 Å².